The zero-order chi connectivity index (χ0) is 13.8. The van der Waals surface area contributed by atoms with Gasteiger partial charge >= 0.3 is 0 Å². The molecule has 1 unspecified atom stereocenters. The minimum absolute atomic E-state index is 0. The number of carbonyl (C=O) groups is 2. The lowest BCUT2D eigenvalue weighted by atomic mass is 10.1. The summed E-state index contributed by atoms with van der Waals surface area (Å²) in [5.74, 6) is 0.0132. The second-order valence-electron chi connectivity index (χ2n) is 4.73. The molecule has 1 aliphatic rings. The van der Waals surface area contributed by atoms with Crippen LogP contribution in [0.2, 0.25) is 0 Å². The molecule has 2 amide bonds. The third-order valence-corrected chi connectivity index (χ3v) is 4.24. The van der Waals surface area contributed by atoms with E-state index < -0.39 is 0 Å². The Hall–Kier alpha value is -1.11. The lowest BCUT2D eigenvalue weighted by Crippen LogP contribution is -2.52. The molecule has 7 heteroatoms. The van der Waals surface area contributed by atoms with Crippen molar-refractivity contribution in [3.8, 4) is 0 Å². The molecule has 1 atom stereocenters. The van der Waals surface area contributed by atoms with E-state index in [1.807, 2.05) is 29.3 Å². The first-order chi connectivity index (χ1) is 9.13. The first-order valence-corrected chi connectivity index (χ1v) is 7.33. The van der Waals surface area contributed by atoms with Gasteiger partial charge in [-0.1, -0.05) is 13.0 Å². The van der Waals surface area contributed by atoms with Gasteiger partial charge in [-0.25, -0.2) is 0 Å². The number of nitrogens with zero attached hydrogens (tertiary/aromatic N) is 2. The zero-order valence-corrected chi connectivity index (χ0v) is 13.1. The molecule has 2 N–H and O–H groups in total. The van der Waals surface area contributed by atoms with Gasteiger partial charge in [0.05, 0.1) is 4.88 Å². The van der Waals surface area contributed by atoms with Crippen LogP contribution in [0.3, 0.4) is 0 Å². The van der Waals surface area contributed by atoms with Gasteiger partial charge in [-0.15, -0.1) is 23.7 Å². The highest BCUT2D eigenvalue weighted by Gasteiger charge is 2.26. The van der Waals surface area contributed by atoms with Gasteiger partial charge in [0.25, 0.3) is 5.91 Å². The Balaban J connectivity index is 0.00000200. The van der Waals surface area contributed by atoms with E-state index in [-0.39, 0.29) is 30.1 Å². The van der Waals surface area contributed by atoms with E-state index in [9.17, 15) is 9.59 Å². The van der Waals surface area contributed by atoms with Gasteiger partial charge in [-0.2, -0.15) is 0 Å². The maximum atomic E-state index is 12.1. The lowest BCUT2D eigenvalue weighted by Gasteiger charge is -2.35. The van der Waals surface area contributed by atoms with Crippen LogP contribution in [0.5, 0.6) is 0 Å². The Morgan fingerprint density at radius 2 is 1.90 bits per heavy atom. The van der Waals surface area contributed by atoms with E-state index in [4.69, 9.17) is 5.73 Å². The summed E-state index contributed by atoms with van der Waals surface area (Å²) in [6.07, 6.45) is 0. The Morgan fingerprint density at radius 3 is 2.40 bits per heavy atom. The van der Waals surface area contributed by atoms with E-state index in [0.717, 1.165) is 4.88 Å². The second-order valence-corrected chi connectivity index (χ2v) is 5.68. The fourth-order valence-electron chi connectivity index (χ4n) is 2.10. The van der Waals surface area contributed by atoms with Gasteiger partial charge in [0.15, 0.2) is 0 Å². The van der Waals surface area contributed by atoms with Gasteiger partial charge in [-0.05, 0) is 11.4 Å². The molecule has 0 saturated carbocycles. The van der Waals surface area contributed by atoms with Crippen molar-refractivity contribution in [2.45, 2.75) is 6.92 Å². The zero-order valence-electron chi connectivity index (χ0n) is 11.4. The largest absolute Gasteiger partial charge is 0.339 e. The van der Waals surface area contributed by atoms with Gasteiger partial charge < -0.3 is 15.5 Å². The number of carbonyl (C=O) groups excluding carboxylic acids is 2. The minimum atomic E-state index is -0.139. The number of halogens is 1. The molecule has 1 aromatic heterocycles. The molecule has 20 heavy (non-hydrogen) atoms. The molecule has 1 aromatic rings. The first kappa shape index (κ1) is 16.9. The Morgan fingerprint density at radius 1 is 1.30 bits per heavy atom. The topological polar surface area (TPSA) is 66.6 Å². The van der Waals surface area contributed by atoms with Gasteiger partial charge in [0, 0.05) is 38.6 Å². The average molecular weight is 318 g/mol. The highest BCUT2D eigenvalue weighted by molar-refractivity contribution is 7.12. The molecule has 1 aliphatic heterocycles. The van der Waals surface area contributed by atoms with E-state index >= 15 is 0 Å². The van der Waals surface area contributed by atoms with Crippen molar-refractivity contribution in [1.82, 2.24) is 9.80 Å². The van der Waals surface area contributed by atoms with Gasteiger partial charge in [0.1, 0.15) is 0 Å². The van der Waals surface area contributed by atoms with Crippen molar-refractivity contribution in [2.75, 3.05) is 32.7 Å². The normalized spacial score (nSPS) is 16.5. The van der Waals surface area contributed by atoms with E-state index in [0.29, 0.717) is 32.7 Å². The predicted octanol–water partition coefficient (Wildman–Crippen LogP) is 1.05. The molecule has 0 aromatic carbocycles. The number of hydrogen-bond acceptors (Lipinski definition) is 4. The van der Waals surface area contributed by atoms with Crippen molar-refractivity contribution in [3.05, 3.63) is 22.4 Å². The maximum Gasteiger partial charge on any atom is 0.264 e. The summed E-state index contributed by atoms with van der Waals surface area (Å²) < 4.78 is 0. The number of nitrogens with two attached hydrogens (primary N) is 1. The Kier molecular flexibility index (Phi) is 6.45. The number of amides is 2. The van der Waals surface area contributed by atoms with Crippen LogP contribution in [0.15, 0.2) is 17.5 Å². The summed E-state index contributed by atoms with van der Waals surface area (Å²) in [5, 5.41) is 1.90. The fourth-order valence-corrected chi connectivity index (χ4v) is 2.79. The number of hydrogen-bond donors (Lipinski definition) is 1. The van der Waals surface area contributed by atoms with Crippen LogP contribution in [-0.4, -0.2) is 54.3 Å². The molecule has 5 nitrogen and oxygen atoms in total. The quantitative estimate of drug-likeness (QED) is 0.906. The Labute approximate surface area is 129 Å². The van der Waals surface area contributed by atoms with Crippen LogP contribution in [-0.2, 0) is 4.79 Å². The smallest absolute Gasteiger partial charge is 0.264 e. The van der Waals surface area contributed by atoms with Crippen molar-refractivity contribution in [1.29, 1.82) is 0 Å². The van der Waals surface area contributed by atoms with Crippen LogP contribution < -0.4 is 5.73 Å². The molecule has 1 fully saturated rings. The highest BCUT2D eigenvalue weighted by Crippen LogP contribution is 2.14. The monoisotopic (exact) mass is 317 g/mol. The van der Waals surface area contributed by atoms with Crippen molar-refractivity contribution in [2.24, 2.45) is 11.7 Å². The van der Waals surface area contributed by atoms with Gasteiger partial charge in [-0.3, -0.25) is 9.59 Å². The van der Waals surface area contributed by atoms with Crippen LogP contribution in [0.25, 0.3) is 0 Å². The average Bonchev–Trinajstić information content (AvgIpc) is 2.99. The number of rotatable bonds is 3. The highest BCUT2D eigenvalue weighted by atomic mass is 35.5. The third kappa shape index (κ3) is 3.71. The molecule has 112 valence electrons. The standard InChI is InChI=1S/C13H19N3O2S.ClH/c1-10(9-14)12(17)15-4-6-16(7-5-15)13(18)11-3-2-8-19-11;/h2-3,8,10H,4-7,9,14H2,1H3;1H. The van der Waals surface area contributed by atoms with Crippen LogP contribution in [0, 0.1) is 5.92 Å². The molecule has 2 heterocycles. The molecule has 2 rings (SSSR count). The summed E-state index contributed by atoms with van der Waals surface area (Å²) in [6, 6.07) is 3.71. The third-order valence-electron chi connectivity index (χ3n) is 3.39. The molecule has 1 saturated heterocycles. The molecular formula is C13H20ClN3O2S. The summed E-state index contributed by atoms with van der Waals surface area (Å²) in [6.45, 7) is 4.60. The Bertz CT molecular complexity index is 444. The van der Waals surface area contributed by atoms with Crippen LogP contribution in [0.1, 0.15) is 16.6 Å². The summed E-state index contributed by atoms with van der Waals surface area (Å²) in [4.78, 5) is 28.5. The van der Waals surface area contributed by atoms with Crippen LogP contribution >= 0.6 is 23.7 Å². The molecule has 0 aliphatic carbocycles. The lowest BCUT2D eigenvalue weighted by molar-refractivity contribution is -0.136. The SMILES string of the molecule is CC(CN)C(=O)N1CCN(C(=O)c2cccs2)CC1.Cl. The second kappa shape index (κ2) is 7.61. The van der Waals surface area contributed by atoms with E-state index in [1.165, 1.54) is 11.3 Å². The van der Waals surface area contributed by atoms with Crippen molar-refractivity contribution < 1.29 is 9.59 Å². The van der Waals surface area contributed by atoms with Crippen LogP contribution in [0.4, 0.5) is 0 Å². The van der Waals surface area contributed by atoms with Gasteiger partial charge in [0.2, 0.25) is 5.91 Å². The summed E-state index contributed by atoms with van der Waals surface area (Å²) in [7, 11) is 0. The fraction of sp³-hybridized carbons (Fsp3) is 0.538. The van der Waals surface area contributed by atoms with E-state index in [1.54, 1.807) is 4.90 Å². The minimum Gasteiger partial charge on any atom is -0.339 e. The van der Waals surface area contributed by atoms with Crippen molar-refractivity contribution >= 4 is 35.6 Å². The maximum absolute atomic E-state index is 12.1. The first-order valence-electron chi connectivity index (χ1n) is 6.45. The van der Waals surface area contributed by atoms with E-state index in [2.05, 4.69) is 0 Å². The molecular weight excluding hydrogens is 298 g/mol. The summed E-state index contributed by atoms with van der Waals surface area (Å²) in [5.41, 5.74) is 5.51. The predicted molar refractivity (Wildman–Crippen MR) is 82.3 cm³/mol. The van der Waals surface area contributed by atoms with Crippen molar-refractivity contribution in [3.63, 3.8) is 0 Å². The molecule has 0 bridgehead atoms. The molecule has 0 spiro atoms. The number of thiophene rings is 1. The number of piperazine rings is 1. The summed E-state index contributed by atoms with van der Waals surface area (Å²) >= 11 is 1.45. The molecule has 0 radical (unpaired) electrons.